The van der Waals surface area contributed by atoms with Crippen LogP contribution in [0, 0.1) is 0 Å². The van der Waals surface area contributed by atoms with E-state index in [0.717, 1.165) is 16.7 Å². The molecule has 1 saturated heterocycles. The normalized spacial score (nSPS) is 24.2. The zero-order chi connectivity index (χ0) is 24.3. The van der Waals surface area contributed by atoms with Gasteiger partial charge < -0.3 is 24.1 Å². The zero-order valence-electron chi connectivity index (χ0n) is 19.9. The molecule has 3 aromatic rings. The molecule has 5 atom stereocenters. The molecule has 4 rings (SSSR count). The Balaban J connectivity index is 1.50. The van der Waals surface area contributed by atoms with Crippen molar-refractivity contribution in [2.75, 3.05) is 6.61 Å². The van der Waals surface area contributed by atoms with Gasteiger partial charge in [-0.25, -0.2) is 0 Å². The van der Waals surface area contributed by atoms with Crippen molar-refractivity contribution >= 4 is 0 Å². The van der Waals surface area contributed by atoms with Gasteiger partial charge in [0, 0.05) is 0 Å². The predicted molar refractivity (Wildman–Crippen MR) is 136 cm³/mol. The van der Waals surface area contributed by atoms with Crippen LogP contribution in [0.1, 0.15) is 23.1 Å². The third-order valence-electron chi connectivity index (χ3n) is 6.12. The van der Waals surface area contributed by atoms with E-state index in [4.69, 9.17) is 18.9 Å². The molecule has 0 aliphatic carbocycles. The van der Waals surface area contributed by atoms with Crippen LogP contribution in [0.3, 0.4) is 0 Å². The van der Waals surface area contributed by atoms with E-state index in [1.54, 1.807) is 6.08 Å². The summed E-state index contributed by atoms with van der Waals surface area (Å²) in [6, 6.07) is 29.9. The van der Waals surface area contributed by atoms with E-state index in [2.05, 4.69) is 6.58 Å². The molecule has 0 saturated carbocycles. The van der Waals surface area contributed by atoms with Gasteiger partial charge in [-0.15, -0.1) is 6.58 Å². The third kappa shape index (κ3) is 7.34. The summed E-state index contributed by atoms with van der Waals surface area (Å²) in [5.74, 6) is 0. The molecule has 0 bridgehead atoms. The monoisotopic (exact) mass is 474 g/mol. The summed E-state index contributed by atoms with van der Waals surface area (Å²) in [6.07, 6.45) is -0.537. The van der Waals surface area contributed by atoms with E-state index in [-0.39, 0.29) is 0 Å². The van der Waals surface area contributed by atoms with Crippen LogP contribution in [-0.4, -0.2) is 42.2 Å². The summed E-state index contributed by atoms with van der Waals surface area (Å²) in [5.41, 5.74) is 3.16. The van der Waals surface area contributed by atoms with Crippen LogP contribution in [-0.2, 0) is 38.8 Å². The van der Waals surface area contributed by atoms with Crippen LogP contribution in [0.5, 0.6) is 0 Å². The quantitative estimate of drug-likeness (QED) is 0.371. The minimum absolute atomic E-state index is 0.319. The van der Waals surface area contributed by atoms with E-state index in [1.165, 1.54) is 0 Å². The van der Waals surface area contributed by atoms with Crippen molar-refractivity contribution in [2.45, 2.75) is 56.8 Å². The Hall–Kier alpha value is -2.80. The van der Waals surface area contributed by atoms with E-state index in [9.17, 15) is 5.11 Å². The lowest BCUT2D eigenvalue weighted by Gasteiger charge is -2.44. The molecule has 0 amide bonds. The molecule has 5 nitrogen and oxygen atoms in total. The van der Waals surface area contributed by atoms with Gasteiger partial charge in [0.1, 0.15) is 24.4 Å². The number of hydrogen-bond donors (Lipinski definition) is 1. The molecule has 3 aromatic carbocycles. The fraction of sp³-hybridized carbons (Fsp3) is 0.333. The van der Waals surface area contributed by atoms with Crippen molar-refractivity contribution in [2.24, 2.45) is 0 Å². The van der Waals surface area contributed by atoms with Crippen molar-refractivity contribution in [3.05, 3.63) is 120 Å². The maximum Gasteiger partial charge on any atom is 0.115 e. The van der Waals surface area contributed by atoms with Gasteiger partial charge in [-0.3, -0.25) is 0 Å². The number of aliphatic hydroxyl groups excluding tert-OH is 1. The zero-order valence-corrected chi connectivity index (χ0v) is 19.9. The Labute approximate surface area is 207 Å². The molecule has 1 heterocycles. The Bertz CT molecular complexity index is 995. The van der Waals surface area contributed by atoms with E-state index in [0.29, 0.717) is 32.8 Å². The Morgan fingerprint density at radius 2 is 1.17 bits per heavy atom. The topological polar surface area (TPSA) is 57.2 Å². The van der Waals surface area contributed by atoms with Gasteiger partial charge in [-0.1, -0.05) is 97.1 Å². The van der Waals surface area contributed by atoms with Crippen molar-refractivity contribution in [3.8, 4) is 0 Å². The molecule has 0 unspecified atom stereocenters. The summed E-state index contributed by atoms with van der Waals surface area (Å²) in [6.45, 7) is 5.37. The van der Waals surface area contributed by atoms with Crippen LogP contribution >= 0.6 is 0 Å². The summed E-state index contributed by atoms with van der Waals surface area (Å²) >= 11 is 0. The Morgan fingerprint density at radius 1 is 0.686 bits per heavy atom. The van der Waals surface area contributed by atoms with Gasteiger partial charge in [0.2, 0.25) is 0 Å². The van der Waals surface area contributed by atoms with Crippen LogP contribution in [0.25, 0.3) is 0 Å². The first kappa shape index (κ1) is 25.3. The van der Waals surface area contributed by atoms with Crippen molar-refractivity contribution in [3.63, 3.8) is 0 Å². The highest BCUT2D eigenvalue weighted by Gasteiger charge is 2.46. The maximum atomic E-state index is 11.2. The van der Waals surface area contributed by atoms with Gasteiger partial charge in [0.15, 0.2) is 0 Å². The fourth-order valence-electron chi connectivity index (χ4n) is 4.29. The lowest BCUT2D eigenvalue weighted by Crippen LogP contribution is -2.60. The number of hydrogen-bond acceptors (Lipinski definition) is 5. The van der Waals surface area contributed by atoms with E-state index >= 15 is 0 Å². The summed E-state index contributed by atoms with van der Waals surface area (Å²) in [7, 11) is 0. The first-order valence-corrected chi connectivity index (χ1v) is 12.1. The molecule has 184 valence electrons. The minimum atomic E-state index is -0.858. The number of rotatable bonds is 12. The molecule has 1 fully saturated rings. The molecular formula is C30H34O5. The second-order valence-corrected chi connectivity index (χ2v) is 8.75. The van der Waals surface area contributed by atoms with Gasteiger partial charge in [-0.05, 0) is 23.1 Å². The molecule has 5 heteroatoms. The van der Waals surface area contributed by atoms with Gasteiger partial charge in [0.05, 0.1) is 32.5 Å². The molecule has 35 heavy (non-hydrogen) atoms. The molecule has 0 radical (unpaired) electrons. The van der Waals surface area contributed by atoms with Gasteiger partial charge >= 0.3 is 0 Å². The SMILES string of the molecule is C=CC[C@H]1O[C@H](COCc2ccccc2)[C@@H](OCc2ccccc2)[C@H](OCc2ccccc2)[C@H]1O. The Morgan fingerprint density at radius 3 is 1.69 bits per heavy atom. The van der Waals surface area contributed by atoms with Crippen LogP contribution in [0.2, 0.25) is 0 Å². The van der Waals surface area contributed by atoms with Crippen molar-refractivity contribution in [1.29, 1.82) is 0 Å². The highest BCUT2D eigenvalue weighted by atomic mass is 16.6. The number of ether oxygens (including phenoxy) is 4. The first-order valence-electron chi connectivity index (χ1n) is 12.1. The summed E-state index contributed by atoms with van der Waals surface area (Å²) in [5, 5.41) is 11.2. The van der Waals surface area contributed by atoms with Crippen molar-refractivity contribution in [1.82, 2.24) is 0 Å². The second-order valence-electron chi connectivity index (χ2n) is 8.75. The average Bonchev–Trinajstić information content (AvgIpc) is 2.90. The molecule has 1 aliphatic rings. The summed E-state index contributed by atoms with van der Waals surface area (Å²) < 4.78 is 25.0. The smallest absolute Gasteiger partial charge is 0.115 e. The van der Waals surface area contributed by atoms with Gasteiger partial charge in [-0.2, -0.15) is 0 Å². The first-order chi connectivity index (χ1) is 17.2. The average molecular weight is 475 g/mol. The van der Waals surface area contributed by atoms with Gasteiger partial charge in [0.25, 0.3) is 0 Å². The maximum absolute atomic E-state index is 11.2. The summed E-state index contributed by atoms with van der Waals surface area (Å²) in [4.78, 5) is 0. The standard InChI is InChI=1S/C30H34O5/c1-2-12-26-28(31)30(34-21-25-17-10-5-11-18-25)29(33-20-24-15-8-4-9-16-24)27(35-26)22-32-19-23-13-6-3-7-14-23/h2-11,13-18,26-31H,1,12,19-22H2/t26-,27-,28+,29-,30-/m1/s1. The largest absolute Gasteiger partial charge is 0.388 e. The van der Waals surface area contributed by atoms with Crippen LogP contribution < -0.4 is 0 Å². The lowest BCUT2D eigenvalue weighted by molar-refractivity contribution is -0.260. The number of benzene rings is 3. The molecule has 0 aromatic heterocycles. The Kier molecular flexibility index (Phi) is 9.64. The second kappa shape index (κ2) is 13.3. The predicted octanol–water partition coefficient (Wildman–Crippen LogP) is 5.08. The number of aliphatic hydroxyl groups is 1. The highest BCUT2D eigenvalue weighted by Crippen LogP contribution is 2.30. The molecular weight excluding hydrogens is 440 g/mol. The van der Waals surface area contributed by atoms with Crippen molar-refractivity contribution < 1.29 is 24.1 Å². The van der Waals surface area contributed by atoms with E-state index < -0.39 is 30.5 Å². The lowest BCUT2D eigenvalue weighted by atomic mass is 9.93. The van der Waals surface area contributed by atoms with Crippen LogP contribution in [0.15, 0.2) is 104 Å². The van der Waals surface area contributed by atoms with E-state index in [1.807, 2.05) is 91.0 Å². The molecule has 0 spiro atoms. The highest BCUT2D eigenvalue weighted by molar-refractivity contribution is 5.15. The minimum Gasteiger partial charge on any atom is -0.388 e. The molecule has 1 aliphatic heterocycles. The van der Waals surface area contributed by atoms with Crippen LogP contribution in [0.4, 0.5) is 0 Å². The molecule has 1 N–H and O–H groups in total. The fourth-order valence-corrected chi connectivity index (χ4v) is 4.29. The third-order valence-corrected chi connectivity index (χ3v) is 6.12.